The fourth-order valence-electron chi connectivity index (χ4n) is 3.60. The van der Waals surface area contributed by atoms with Gasteiger partial charge in [-0.1, -0.05) is 50.3 Å². The molecule has 0 aliphatic rings. The van der Waals surface area contributed by atoms with Crippen LogP contribution in [0.1, 0.15) is 75.6 Å². The summed E-state index contributed by atoms with van der Waals surface area (Å²) in [5, 5.41) is 6.00. The van der Waals surface area contributed by atoms with E-state index in [0.29, 0.717) is 6.54 Å². The van der Waals surface area contributed by atoms with Gasteiger partial charge < -0.3 is 15.4 Å². The number of ether oxygens (including phenoxy) is 1. The Morgan fingerprint density at radius 3 is 2.33 bits per heavy atom. The molecule has 1 heterocycles. The molecule has 2 rings (SSSR count). The Morgan fingerprint density at radius 2 is 1.61 bits per heavy atom. The van der Waals surface area contributed by atoms with Crippen LogP contribution in [0.25, 0.3) is 10.2 Å². The number of allylic oxidation sites excluding steroid dienone is 2. The quantitative estimate of drug-likeness (QED) is 0.186. The van der Waals surface area contributed by atoms with Crippen molar-refractivity contribution < 1.29 is 14.3 Å². The van der Waals surface area contributed by atoms with Crippen molar-refractivity contribution in [2.45, 2.75) is 77.6 Å². The van der Waals surface area contributed by atoms with Crippen LogP contribution in [0.4, 0.5) is 0 Å². The van der Waals surface area contributed by atoms with E-state index in [1.807, 2.05) is 19.1 Å². The molecule has 2 N–H and O–H groups in total. The third kappa shape index (κ3) is 10.8. The van der Waals surface area contributed by atoms with Crippen molar-refractivity contribution in [3.05, 3.63) is 35.4 Å². The van der Waals surface area contributed by atoms with E-state index >= 15 is 0 Å². The Bertz CT molecular complexity index is 879. The summed E-state index contributed by atoms with van der Waals surface area (Å²) in [7, 11) is 1.46. The van der Waals surface area contributed by atoms with Crippen molar-refractivity contribution in [1.82, 2.24) is 15.6 Å². The zero-order valence-electron chi connectivity index (χ0n) is 20.2. The molecule has 1 aromatic heterocycles. The van der Waals surface area contributed by atoms with Crippen LogP contribution in [0.3, 0.4) is 0 Å². The van der Waals surface area contributed by atoms with Gasteiger partial charge in [-0.05, 0) is 57.6 Å². The Hall–Kier alpha value is -2.41. The zero-order chi connectivity index (χ0) is 23.7. The number of thiazole rings is 1. The number of aromatic nitrogens is 1. The Kier molecular flexibility index (Phi) is 13.2. The van der Waals surface area contributed by atoms with Crippen LogP contribution >= 0.6 is 11.3 Å². The smallest absolute Gasteiger partial charge is 0.309 e. The van der Waals surface area contributed by atoms with Crippen LogP contribution in [-0.2, 0) is 9.59 Å². The van der Waals surface area contributed by atoms with E-state index in [1.165, 1.54) is 50.3 Å². The van der Waals surface area contributed by atoms with Gasteiger partial charge in [-0.2, -0.15) is 0 Å². The van der Waals surface area contributed by atoms with Gasteiger partial charge in [-0.3, -0.25) is 9.59 Å². The first-order chi connectivity index (χ1) is 16.1. The number of rotatable bonds is 16. The number of fused-ring (bicyclic) bond motifs is 1. The summed E-state index contributed by atoms with van der Waals surface area (Å²) in [4.78, 5) is 26.9. The largest absolute Gasteiger partial charge is 0.491 e. The number of amides is 2. The number of aryl methyl sites for hydroxylation is 1. The molecule has 0 fully saturated rings. The molecule has 7 heteroatoms. The van der Waals surface area contributed by atoms with E-state index < -0.39 is 11.8 Å². The number of carbonyl (C=O) groups excluding carboxylic acids is 2. The van der Waals surface area contributed by atoms with E-state index in [1.54, 1.807) is 11.3 Å². The molecule has 0 atom stereocenters. The highest BCUT2D eigenvalue weighted by Crippen LogP contribution is 2.29. The number of benzene rings is 1. The molecule has 182 valence electrons. The topological polar surface area (TPSA) is 80.3 Å². The lowest BCUT2D eigenvalue weighted by molar-refractivity contribution is -0.138. The molecule has 0 saturated heterocycles. The van der Waals surface area contributed by atoms with Gasteiger partial charge in [0, 0.05) is 13.6 Å². The van der Waals surface area contributed by atoms with Crippen LogP contribution in [0.2, 0.25) is 0 Å². The van der Waals surface area contributed by atoms with Crippen molar-refractivity contribution in [2.75, 3.05) is 20.2 Å². The highest BCUT2D eigenvalue weighted by Gasteiger charge is 2.09. The molecule has 0 saturated carbocycles. The minimum absolute atomic E-state index is 0.549. The summed E-state index contributed by atoms with van der Waals surface area (Å²) >= 11 is 1.71. The third-order valence-corrected chi connectivity index (χ3v) is 6.38. The Morgan fingerprint density at radius 1 is 0.939 bits per heavy atom. The van der Waals surface area contributed by atoms with Crippen LogP contribution in [0, 0.1) is 6.92 Å². The molecule has 0 bridgehead atoms. The number of likely N-dealkylation sites (N-methyl/N-ethyl adjacent to an activating group) is 1. The molecule has 0 aliphatic carbocycles. The fraction of sp³-hybridized carbons (Fsp3) is 0.577. The van der Waals surface area contributed by atoms with E-state index in [9.17, 15) is 9.59 Å². The SMILES string of the molecule is CNC(=O)C(=O)NCCCC/C=C\CCCCCCCCCOc1cccc2sc(C)nc12. The Labute approximate surface area is 202 Å². The number of hydrogen-bond acceptors (Lipinski definition) is 5. The normalized spacial score (nSPS) is 11.2. The first-order valence-corrected chi connectivity index (χ1v) is 13.1. The first kappa shape index (κ1) is 26.8. The van der Waals surface area contributed by atoms with Crippen molar-refractivity contribution in [1.29, 1.82) is 0 Å². The standard InChI is InChI=1S/C26H39N3O3S/c1-21-29-24-22(17-16-18-23(24)33-21)32-20-15-13-11-9-7-5-3-4-6-8-10-12-14-19-28-26(31)25(30)27-2/h6,8,16-18H,3-5,7,9-15,19-20H2,1-2H3,(H,27,30)(H,28,31)/b8-6-. The average molecular weight is 474 g/mol. The van der Waals surface area contributed by atoms with Crippen molar-refractivity contribution >= 4 is 33.4 Å². The van der Waals surface area contributed by atoms with Gasteiger partial charge in [-0.15, -0.1) is 11.3 Å². The average Bonchev–Trinajstić information content (AvgIpc) is 3.21. The molecule has 33 heavy (non-hydrogen) atoms. The molecule has 1 aromatic carbocycles. The van der Waals surface area contributed by atoms with E-state index in [4.69, 9.17) is 4.74 Å². The van der Waals surface area contributed by atoms with Gasteiger partial charge >= 0.3 is 11.8 Å². The lowest BCUT2D eigenvalue weighted by Crippen LogP contribution is -2.38. The van der Waals surface area contributed by atoms with Crippen molar-refractivity contribution in [3.8, 4) is 5.75 Å². The molecular formula is C26H39N3O3S. The molecule has 6 nitrogen and oxygen atoms in total. The van der Waals surface area contributed by atoms with E-state index in [2.05, 4.69) is 33.8 Å². The molecule has 0 unspecified atom stereocenters. The number of nitrogens with one attached hydrogen (secondary N) is 2. The maximum atomic E-state index is 11.3. The zero-order valence-corrected chi connectivity index (χ0v) is 21.0. The maximum Gasteiger partial charge on any atom is 0.309 e. The van der Waals surface area contributed by atoms with Gasteiger partial charge in [0.05, 0.1) is 16.3 Å². The fourth-order valence-corrected chi connectivity index (χ4v) is 4.44. The molecule has 0 aliphatic heterocycles. The predicted octanol–water partition coefficient (Wildman–Crippen LogP) is 5.69. The number of para-hydroxylation sites is 1. The third-order valence-electron chi connectivity index (χ3n) is 5.44. The minimum Gasteiger partial charge on any atom is -0.491 e. The van der Waals surface area contributed by atoms with Crippen LogP contribution in [0.5, 0.6) is 5.75 Å². The summed E-state index contributed by atoms with van der Waals surface area (Å²) < 4.78 is 7.17. The van der Waals surface area contributed by atoms with E-state index in [-0.39, 0.29) is 0 Å². The molecule has 2 amide bonds. The number of nitrogens with zero attached hydrogens (tertiary/aromatic N) is 1. The molecule has 0 spiro atoms. The first-order valence-electron chi connectivity index (χ1n) is 12.3. The van der Waals surface area contributed by atoms with Gasteiger partial charge in [0.1, 0.15) is 11.3 Å². The second-order valence-electron chi connectivity index (χ2n) is 8.25. The van der Waals surface area contributed by atoms with Gasteiger partial charge in [0.2, 0.25) is 0 Å². The molecule has 2 aromatic rings. The summed E-state index contributed by atoms with van der Waals surface area (Å²) in [5.74, 6) is -0.224. The van der Waals surface area contributed by atoms with Crippen molar-refractivity contribution in [3.63, 3.8) is 0 Å². The lowest BCUT2D eigenvalue weighted by Gasteiger charge is -2.06. The minimum atomic E-state index is -0.584. The summed E-state index contributed by atoms with van der Waals surface area (Å²) in [5.41, 5.74) is 1.00. The Balaban J connectivity index is 1.36. The number of hydrogen-bond donors (Lipinski definition) is 2. The number of carbonyl (C=O) groups is 2. The lowest BCUT2D eigenvalue weighted by atomic mass is 10.1. The van der Waals surface area contributed by atoms with E-state index in [0.717, 1.165) is 55.0 Å². The second-order valence-corrected chi connectivity index (χ2v) is 9.48. The summed E-state index contributed by atoms with van der Waals surface area (Å²) in [6, 6.07) is 6.16. The predicted molar refractivity (Wildman–Crippen MR) is 137 cm³/mol. The van der Waals surface area contributed by atoms with Crippen molar-refractivity contribution in [2.24, 2.45) is 0 Å². The van der Waals surface area contributed by atoms with Crippen LogP contribution in [-0.4, -0.2) is 37.0 Å². The van der Waals surface area contributed by atoms with Gasteiger partial charge in [-0.25, -0.2) is 4.98 Å². The highest BCUT2D eigenvalue weighted by molar-refractivity contribution is 7.18. The maximum absolute atomic E-state index is 11.3. The van der Waals surface area contributed by atoms with Gasteiger partial charge in [0.25, 0.3) is 0 Å². The molecular weight excluding hydrogens is 434 g/mol. The van der Waals surface area contributed by atoms with Crippen LogP contribution < -0.4 is 15.4 Å². The van der Waals surface area contributed by atoms with Crippen LogP contribution in [0.15, 0.2) is 30.4 Å². The summed E-state index contributed by atoms with van der Waals surface area (Å²) in [6.07, 6.45) is 17.3. The summed E-state index contributed by atoms with van der Waals surface area (Å²) in [6.45, 7) is 3.35. The molecule has 0 radical (unpaired) electrons. The number of unbranched alkanes of at least 4 members (excludes halogenated alkanes) is 9. The monoisotopic (exact) mass is 473 g/mol. The highest BCUT2D eigenvalue weighted by atomic mass is 32.1. The van der Waals surface area contributed by atoms with Gasteiger partial charge in [0.15, 0.2) is 0 Å². The second kappa shape index (κ2) is 16.2.